The maximum atomic E-state index is 13.5. The number of carboxylic acids is 2. The van der Waals surface area contributed by atoms with Crippen LogP contribution in [-0.4, -0.2) is 74.3 Å². The van der Waals surface area contributed by atoms with Crippen molar-refractivity contribution in [3.8, 4) is 11.5 Å². The Labute approximate surface area is 230 Å². The molecule has 0 aliphatic rings. The van der Waals surface area contributed by atoms with Crippen LogP contribution in [0.5, 0.6) is 11.5 Å². The van der Waals surface area contributed by atoms with E-state index in [9.17, 15) is 39.3 Å². The second-order valence-corrected chi connectivity index (χ2v) is 9.63. The molecule has 13 nitrogen and oxygen atoms in total. The Morgan fingerprint density at radius 1 is 0.675 bits per heavy atom. The SMILES string of the molecule is CC(C)C(N)C(=O)NC(Cc1ccc(O)cc1)C(=O)NC(Cc1ccc(O)cc1)C(=O)NC(CC(=O)O)C(=O)O. The van der Waals surface area contributed by atoms with E-state index in [2.05, 4.69) is 16.0 Å². The second-order valence-electron chi connectivity index (χ2n) is 9.63. The Balaban J connectivity index is 2.35. The van der Waals surface area contributed by atoms with E-state index in [0.717, 1.165) is 0 Å². The number of nitrogens with two attached hydrogens (primary N) is 1. The van der Waals surface area contributed by atoms with Crippen LogP contribution < -0.4 is 21.7 Å². The first-order valence-electron chi connectivity index (χ1n) is 12.4. The molecule has 0 aliphatic heterocycles. The lowest BCUT2D eigenvalue weighted by Gasteiger charge is -2.26. The Morgan fingerprint density at radius 2 is 1.05 bits per heavy atom. The number of hydrogen-bond donors (Lipinski definition) is 8. The van der Waals surface area contributed by atoms with E-state index in [0.29, 0.717) is 11.1 Å². The number of benzene rings is 2. The highest BCUT2D eigenvalue weighted by Crippen LogP contribution is 2.14. The normalized spacial score (nSPS) is 13.9. The van der Waals surface area contributed by atoms with Gasteiger partial charge < -0.3 is 42.1 Å². The number of phenols is 2. The minimum Gasteiger partial charge on any atom is -0.508 e. The van der Waals surface area contributed by atoms with Gasteiger partial charge in [-0.2, -0.15) is 0 Å². The van der Waals surface area contributed by atoms with E-state index >= 15 is 0 Å². The van der Waals surface area contributed by atoms with Gasteiger partial charge in [0.1, 0.15) is 29.6 Å². The van der Waals surface area contributed by atoms with Gasteiger partial charge in [-0.05, 0) is 41.3 Å². The predicted octanol–water partition coefficient (Wildman–Crippen LogP) is -0.120. The van der Waals surface area contributed by atoms with E-state index in [4.69, 9.17) is 10.8 Å². The molecule has 0 saturated carbocycles. The summed E-state index contributed by atoms with van der Waals surface area (Å²) in [5.41, 5.74) is 7.01. The van der Waals surface area contributed by atoms with E-state index in [1.54, 1.807) is 26.0 Å². The number of amides is 3. The van der Waals surface area contributed by atoms with E-state index in [-0.39, 0.29) is 30.3 Å². The van der Waals surface area contributed by atoms with Crippen molar-refractivity contribution in [2.75, 3.05) is 0 Å². The van der Waals surface area contributed by atoms with Gasteiger partial charge in [-0.3, -0.25) is 19.2 Å². The Kier molecular flexibility index (Phi) is 11.4. The molecule has 216 valence electrons. The first-order chi connectivity index (χ1) is 18.8. The molecule has 40 heavy (non-hydrogen) atoms. The standard InChI is InChI=1S/C27H34N4O9/c1-14(2)23(28)26(38)30-20(12-16-5-9-18(33)10-6-16)24(36)29-19(11-15-3-7-17(32)8-4-15)25(37)31-21(27(39)40)13-22(34)35/h3-10,14,19-21,23,32-33H,11-13,28H2,1-2H3,(H,29,36)(H,30,38)(H,31,37)(H,34,35)(H,39,40). The molecule has 3 amide bonds. The van der Waals surface area contributed by atoms with Crippen molar-refractivity contribution in [2.24, 2.45) is 11.7 Å². The molecule has 0 bridgehead atoms. The summed E-state index contributed by atoms with van der Waals surface area (Å²) >= 11 is 0. The average Bonchev–Trinajstić information content (AvgIpc) is 2.88. The van der Waals surface area contributed by atoms with Crippen LogP contribution in [0.4, 0.5) is 0 Å². The summed E-state index contributed by atoms with van der Waals surface area (Å²) in [6.07, 6.45) is -1.08. The minimum absolute atomic E-state index is 0.00408. The maximum Gasteiger partial charge on any atom is 0.326 e. The number of aliphatic carboxylic acids is 2. The van der Waals surface area contributed by atoms with Gasteiger partial charge in [-0.1, -0.05) is 38.1 Å². The van der Waals surface area contributed by atoms with Crippen molar-refractivity contribution < 1.29 is 44.4 Å². The molecule has 2 aromatic rings. The number of hydrogen-bond acceptors (Lipinski definition) is 8. The first kappa shape index (κ1) is 31.6. The van der Waals surface area contributed by atoms with Gasteiger partial charge in [0.25, 0.3) is 0 Å². The summed E-state index contributed by atoms with van der Waals surface area (Å²) in [4.78, 5) is 61.9. The third-order valence-electron chi connectivity index (χ3n) is 6.03. The first-order valence-corrected chi connectivity index (χ1v) is 12.4. The zero-order chi connectivity index (χ0) is 30.0. The van der Waals surface area contributed by atoms with Crippen LogP contribution in [0.1, 0.15) is 31.4 Å². The van der Waals surface area contributed by atoms with E-state index in [1.807, 2.05) is 0 Å². The second kappa shape index (κ2) is 14.5. The topological polar surface area (TPSA) is 228 Å². The van der Waals surface area contributed by atoms with Gasteiger partial charge in [0, 0.05) is 12.8 Å². The van der Waals surface area contributed by atoms with Crippen molar-refractivity contribution in [3.63, 3.8) is 0 Å². The highest BCUT2D eigenvalue weighted by Gasteiger charge is 2.32. The number of carboxylic acid groups (broad SMARTS) is 2. The zero-order valence-corrected chi connectivity index (χ0v) is 22.0. The van der Waals surface area contributed by atoms with Gasteiger partial charge in [-0.15, -0.1) is 0 Å². The Bertz CT molecular complexity index is 1200. The van der Waals surface area contributed by atoms with E-state index in [1.165, 1.54) is 36.4 Å². The fourth-order valence-corrected chi connectivity index (χ4v) is 3.64. The summed E-state index contributed by atoms with van der Waals surface area (Å²) in [7, 11) is 0. The van der Waals surface area contributed by atoms with Crippen LogP contribution in [0.3, 0.4) is 0 Å². The number of carbonyl (C=O) groups excluding carboxylic acids is 3. The number of rotatable bonds is 14. The van der Waals surface area contributed by atoms with Gasteiger partial charge >= 0.3 is 11.9 Å². The van der Waals surface area contributed by atoms with Crippen LogP contribution >= 0.6 is 0 Å². The maximum absolute atomic E-state index is 13.5. The molecule has 2 aromatic carbocycles. The zero-order valence-electron chi connectivity index (χ0n) is 22.0. The van der Waals surface area contributed by atoms with Crippen molar-refractivity contribution >= 4 is 29.7 Å². The number of carbonyl (C=O) groups is 5. The summed E-state index contributed by atoms with van der Waals surface area (Å²) in [5, 5.41) is 44.8. The highest BCUT2D eigenvalue weighted by molar-refractivity contribution is 5.95. The molecule has 13 heteroatoms. The fourth-order valence-electron chi connectivity index (χ4n) is 3.64. The van der Waals surface area contributed by atoms with Crippen LogP contribution in [0.2, 0.25) is 0 Å². The van der Waals surface area contributed by atoms with Gasteiger partial charge in [0.05, 0.1) is 12.5 Å². The summed E-state index contributed by atoms with van der Waals surface area (Å²) in [6.45, 7) is 3.46. The summed E-state index contributed by atoms with van der Waals surface area (Å²) < 4.78 is 0. The number of aromatic hydroxyl groups is 2. The lowest BCUT2D eigenvalue weighted by atomic mass is 10.0. The third kappa shape index (κ3) is 9.91. The predicted molar refractivity (Wildman–Crippen MR) is 142 cm³/mol. The summed E-state index contributed by atoms with van der Waals surface area (Å²) in [5.74, 6) is -5.69. The van der Waals surface area contributed by atoms with Gasteiger partial charge in [-0.25, -0.2) is 4.79 Å². The average molecular weight is 559 g/mol. The van der Waals surface area contributed by atoms with Crippen LogP contribution in [0, 0.1) is 5.92 Å². The van der Waals surface area contributed by atoms with Crippen LogP contribution in [-0.2, 0) is 36.8 Å². The molecule has 0 saturated heterocycles. The number of nitrogens with one attached hydrogen (secondary N) is 3. The minimum atomic E-state index is -1.76. The third-order valence-corrected chi connectivity index (χ3v) is 6.03. The molecule has 0 aromatic heterocycles. The largest absolute Gasteiger partial charge is 0.508 e. The lowest BCUT2D eigenvalue weighted by Crippen LogP contribution is -2.58. The highest BCUT2D eigenvalue weighted by atomic mass is 16.4. The van der Waals surface area contributed by atoms with Crippen molar-refractivity contribution in [3.05, 3.63) is 59.7 Å². The van der Waals surface area contributed by atoms with Crippen molar-refractivity contribution in [1.82, 2.24) is 16.0 Å². The Morgan fingerprint density at radius 3 is 1.40 bits per heavy atom. The molecular formula is C27H34N4O9. The molecule has 0 heterocycles. The molecule has 0 spiro atoms. The molecule has 4 atom stereocenters. The number of phenolic OH excluding ortho intramolecular Hbond substituents is 2. The molecule has 0 fully saturated rings. The van der Waals surface area contributed by atoms with Crippen LogP contribution in [0.15, 0.2) is 48.5 Å². The van der Waals surface area contributed by atoms with Gasteiger partial charge in [0.15, 0.2) is 0 Å². The lowest BCUT2D eigenvalue weighted by molar-refractivity contribution is -0.147. The molecule has 2 rings (SSSR count). The smallest absolute Gasteiger partial charge is 0.326 e. The van der Waals surface area contributed by atoms with Crippen LogP contribution in [0.25, 0.3) is 0 Å². The molecule has 0 radical (unpaired) electrons. The molecule has 4 unspecified atom stereocenters. The van der Waals surface area contributed by atoms with E-state index < -0.39 is 60.2 Å². The molecule has 9 N–H and O–H groups in total. The van der Waals surface area contributed by atoms with Crippen molar-refractivity contribution in [2.45, 2.75) is 57.3 Å². The monoisotopic (exact) mass is 558 g/mol. The van der Waals surface area contributed by atoms with Crippen molar-refractivity contribution in [1.29, 1.82) is 0 Å². The molecular weight excluding hydrogens is 524 g/mol. The quantitative estimate of drug-likeness (QED) is 0.153. The Hall–Kier alpha value is -4.65. The fraction of sp³-hybridized carbons (Fsp3) is 0.370. The van der Waals surface area contributed by atoms with Gasteiger partial charge in [0.2, 0.25) is 17.7 Å². The summed E-state index contributed by atoms with van der Waals surface area (Å²) in [6, 6.07) is 6.31. The molecule has 0 aliphatic carbocycles.